The monoisotopic (exact) mass is 361 g/mol. The van der Waals surface area contributed by atoms with Gasteiger partial charge in [0, 0.05) is 36.2 Å². The Hall–Kier alpha value is -3.15. The molecule has 1 amide bonds. The molecular weight excluding hydrogens is 338 g/mol. The number of nitrogens with one attached hydrogen (secondary N) is 2. The number of carbonyl (C=O) groups excluding carboxylic acids is 1. The maximum absolute atomic E-state index is 12.3. The highest BCUT2D eigenvalue weighted by molar-refractivity contribution is 5.97. The SMILES string of the molecule is Cc1ccc(Nc2nccc(-c3c(C)c4n(c3C)CCNC4=O)n2)cc1C. The number of fused-ring (bicyclic) bond motifs is 1. The molecule has 138 valence electrons. The molecular formula is C21H23N5O. The largest absolute Gasteiger partial charge is 0.349 e. The minimum Gasteiger partial charge on any atom is -0.349 e. The second-order valence-corrected chi connectivity index (χ2v) is 7.03. The first-order chi connectivity index (χ1) is 13.0. The third kappa shape index (κ3) is 2.97. The fourth-order valence-corrected chi connectivity index (χ4v) is 3.72. The van der Waals surface area contributed by atoms with Crippen molar-refractivity contribution in [2.24, 2.45) is 0 Å². The number of hydrogen-bond donors (Lipinski definition) is 2. The van der Waals surface area contributed by atoms with Crippen LogP contribution in [-0.4, -0.2) is 27.0 Å². The van der Waals surface area contributed by atoms with Crippen molar-refractivity contribution in [3.63, 3.8) is 0 Å². The first-order valence-corrected chi connectivity index (χ1v) is 9.11. The molecule has 2 N–H and O–H groups in total. The van der Waals surface area contributed by atoms with Crippen molar-refractivity contribution < 1.29 is 4.79 Å². The molecule has 0 bridgehead atoms. The molecule has 0 radical (unpaired) electrons. The van der Waals surface area contributed by atoms with Gasteiger partial charge in [0.1, 0.15) is 5.69 Å². The smallest absolute Gasteiger partial charge is 0.268 e. The molecule has 0 fully saturated rings. The molecule has 6 nitrogen and oxygen atoms in total. The number of anilines is 2. The van der Waals surface area contributed by atoms with E-state index in [1.807, 2.05) is 26.0 Å². The van der Waals surface area contributed by atoms with E-state index < -0.39 is 0 Å². The summed E-state index contributed by atoms with van der Waals surface area (Å²) in [6.07, 6.45) is 1.75. The van der Waals surface area contributed by atoms with Gasteiger partial charge >= 0.3 is 0 Å². The van der Waals surface area contributed by atoms with Crippen molar-refractivity contribution in [3.8, 4) is 11.3 Å². The quantitative estimate of drug-likeness (QED) is 0.747. The molecule has 0 spiro atoms. The van der Waals surface area contributed by atoms with Crippen LogP contribution in [0.2, 0.25) is 0 Å². The second-order valence-electron chi connectivity index (χ2n) is 7.03. The molecule has 1 aromatic carbocycles. The van der Waals surface area contributed by atoms with E-state index in [-0.39, 0.29) is 5.91 Å². The van der Waals surface area contributed by atoms with Crippen LogP contribution < -0.4 is 10.6 Å². The lowest BCUT2D eigenvalue weighted by Gasteiger charge is -2.17. The Morgan fingerprint density at radius 1 is 1.11 bits per heavy atom. The number of carbonyl (C=O) groups is 1. The van der Waals surface area contributed by atoms with Crippen molar-refractivity contribution >= 4 is 17.5 Å². The molecule has 0 saturated carbocycles. The summed E-state index contributed by atoms with van der Waals surface area (Å²) < 4.78 is 2.09. The number of amides is 1. The highest BCUT2D eigenvalue weighted by Crippen LogP contribution is 2.32. The molecule has 27 heavy (non-hydrogen) atoms. The van der Waals surface area contributed by atoms with Gasteiger partial charge in [0.25, 0.3) is 5.91 Å². The van der Waals surface area contributed by atoms with E-state index in [9.17, 15) is 4.79 Å². The van der Waals surface area contributed by atoms with Gasteiger partial charge in [-0.05, 0) is 62.6 Å². The number of hydrogen-bond acceptors (Lipinski definition) is 4. The molecule has 3 heterocycles. The number of benzene rings is 1. The normalized spacial score (nSPS) is 13.3. The zero-order valence-corrected chi connectivity index (χ0v) is 16.1. The summed E-state index contributed by atoms with van der Waals surface area (Å²) >= 11 is 0. The van der Waals surface area contributed by atoms with Gasteiger partial charge in [-0.2, -0.15) is 0 Å². The van der Waals surface area contributed by atoms with E-state index in [0.717, 1.165) is 40.4 Å². The van der Waals surface area contributed by atoms with Crippen LogP contribution in [0.15, 0.2) is 30.5 Å². The maximum atomic E-state index is 12.3. The van der Waals surface area contributed by atoms with Gasteiger partial charge in [0.2, 0.25) is 5.95 Å². The highest BCUT2D eigenvalue weighted by atomic mass is 16.2. The van der Waals surface area contributed by atoms with E-state index in [1.54, 1.807) is 6.20 Å². The van der Waals surface area contributed by atoms with Gasteiger partial charge in [0.05, 0.1) is 5.69 Å². The Bertz CT molecular complexity index is 1050. The Morgan fingerprint density at radius 2 is 1.93 bits per heavy atom. The van der Waals surface area contributed by atoms with E-state index in [0.29, 0.717) is 12.5 Å². The fraction of sp³-hybridized carbons (Fsp3) is 0.286. The standard InChI is InChI=1S/C21H23N5O/c1-12-5-6-16(11-13(12)2)24-21-23-8-7-17(25-21)18-14(3)19-20(27)22-9-10-26(19)15(18)4/h5-8,11H,9-10H2,1-4H3,(H,22,27)(H,23,24,25). The number of aromatic nitrogens is 3. The first-order valence-electron chi connectivity index (χ1n) is 9.11. The van der Waals surface area contributed by atoms with Crippen LogP contribution in [0, 0.1) is 27.7 Å². The topological polar surface area (TPSA) is 71.8 Å². The third-order valence-corrected chi connectivity index (χ3v) is 5.28. The van der Waals surface area contributed by atoms with Gasteiger partial charge in [-0.15, -0.1) is 0 Å². The van der Waals surface area contributed by atoms with Crippen LogP contribution in [0.3, 0.4) is 0 Å². The molecule has 3 aromatic rings. The third-order valence-electron chi connectivity index (χ3n) is 5.28. The average Bonchev–Trinajstić information content (AvgIpc) is 2.90. The number of aryl methyl sites for hydroxylation is 2. The van der Waals surface area contributed by atoms with Crippen molar-refractivity contribution in [2.45, 2.75) is 34.2 Å². The van der Waals surface area contributed by atoms with Crippen LogP contribution in [0.4, 0.5) is 11.6 Å². The Kier molecular flexibility index (Phi) is 4.18. The summed E-state index contributed by atoms with van der Waals surface area (Å²) in [7, 11) is 0. The predicted octanol–water partition coefficient (Wildman–Crippen LogP) is 3.67. The van der Waals surface area contributed by atoms with Crippen LogP contribution in [-0.2, 0) is 6.54 Å². The van der Waals surface area contributed by atoms with Crippen LogP contribution in [0.1, 0.15) is 32.9 Å². The van der Waals surface area contributed by atoms with E-state index in [1.165, 1.54) is 11.1 Å². The summed E-state index contributed by atoms with van der Waals surface area (Å²) in [5.74, 6) is 0.527. The van der Waals surface area contributed by atoms with Gasteiger partial charge < -0.3 is 15.2 Å². The van der Waals surface area contributed by atoms with E-state index >= 15 is 0 Å². The lowest BCUT2D eigenvalue weighted by Crippen LogP contribution is -2.35. The average molecular weight is 361 g/mol. The Labute approximate surface area is 158 Å². The first kappa shape index (κ1) is 17.3. The minimum absolute atomic E-state index is 0.0179. The molecule has 1 aliphatic heterocycles. The summed E-state index contributed by atoms with van der Waals surface area (Å²) in [6.45, 7) is 9.64. The van der Waals surface area contributed by atoms with Crippen molar-refractivity contribution in [1.29, 1.82) is 0 Å². The summed E-state index contributed by atoms with van der Waals surface area (Å²) in [4.78, 5) is 21.4. The molecule has 2 aromatic heterocycles. The van der Waals surface area contributed by atoms with E-state index in [4.69, 9.17) is 4.98 Å². The highest BCUT2D eigenvalue weighted by Gasteiger charge is 2.26. The molecule has 0 unspecified atom stereocenters. The van der Waals surface area contributed by atoms with Gasteiger partial charge in [-0.3, -0.25) is 4.79 Å². The number of nitrogens with zero attached hydrogens (tertiary/aromatic N) is 3. The van der Waals surface area contributed by atoms with E-state index in [2.05, 4.69) is 46.2 Å². The second kappa shape index (κ2) is 6.54. The van der Waals surface area contributed by atoms with Crippen LogP contribution in [0.25, 0.3) is 11.3 Å². The van der Waals surface area contributed by atoms with Gasteiger partial charge in [0.15, 0.2) is 0 Å². The van der Waals surface area contributed by atoms with Gasteiger partial charge in [-0.1, -0.05) is 6.07 Å². The van der Waals surface area contributed by atoms with Gasteiger partial charge in [-0.25, -0.2) is 9.97 Å². The Balaban J connectivity index is 1.73. The lowest BCUT2D eigenvalue weighted by molar-refractivity contribution is 0.0926. The van der Waals surface area contributed by atoms with Crippen LogP contribution >= 0.6 is 0 Å². The maximum Gasteiger partial charge on any atom is 0.268 e. The molecule has 1 aliphatic rings. The van der Waals surface area contributed by atoms with Crippen molar-refractivity contribution in [1.82, 2.24) is 19.9 Å². The molecule has 4 rings (SSSR count). The Morgan fingerprint density at radius 3 is 2.67 bits per heavy atom. The van der Waals surface area contributed by atoms with Crippen molar-refractivity contribution in [3.05, 3.63) is 58.5 Å². The molecule has 0 saturated heterocycles. The predicted molar refractivity (Wildman–Crippen MR) is 106 cm³/mol. The zero-order valence-electron chi connectivity index (χ0n) is 16.1. The zero-order chi connectivity index (χ0) is 19.1. The molecule has 0 atom stereocenters. The molecule has 6 heteroatoms. The lowest BCUT2D eigenvalue weighted by atomic mass is 10.1. The summed E-state index contributed by atoms with van der Waals surface area (Å²) in [6, 6.07) is 8.08. The van der Waals surface area contributed by atoms with Crippen molar-refractivity contribution in [2.75, 3.05) is 11.9 Å². The molecule has 0 aliphatic carbocycles. The summed E-state index contributed by atoms with van der Waals surface area (Å²) in [5, 5.41) is 6.20. The fourth-order valence-electron chi connectivity index (χ4n) is 3.72. The summed E-state index contributed by atoms with van der Waals surface area (Å²) in [5.41, 5.74) is 8.01. The minimum atomic E-state index is -0.0179. The number of rotatable bonds is 3. The van der Waals surface area contributed by atoms with Crippen LogP contribution in [0.5, 0.6) is 0 Å².